The van der Waals surface area contributed by atoms with Crippen LogP contribution in [-0.4, -0.2) is 26.4 Å². The molecule has 11 heteroatoms. The lowest BCUT2D eigenvalue weighted by Crippen LogP contribution is -2.32. The molecular formula is C31H30BrCl2N5O2S. The maximum atomic E-state index is 14.1. The highest BCUT2D eigenvalue weighted by Gasteiger charge is 2.36. The average Bonchev–Trinajstić information content (AvgIpc) is 3.35. The van der Waals surface area contributed by atoms with E-state index in [4.69, 9.17) is 38.0 Å². The van der Waals surface area contributed by atoms with Crippen molar-refractivity contribution in [1.29, 1.82) is 0 Å². The number of thioether (sulfide) groups is 1. The summed E-state index contributed by atoms with van der Waals surface area (Å²) in [5.74, 6) is 1.79. The van der Waals surface area contributed by atoms with Crippen molar-refractivity contribution in [3.63, 3.8) is 0 Å². The van der Waals surface area contributed by atoms with Crippen LogP contribution in [0.5, 0.6) is 5.75 Å². The van der Waals surface area contributed by atoms with Crippen molar-refractivity contribution in [3.05, 3.63) is 103 Å². The van der Waals surface area contributed by atoms with Crippen molar-refractivity contribution in [1.82, 2.24) is 14.8 Å². The summed E-state index contributed by atoms with van der Waals surface area (Å²) < 4.78 is 8.97. The fourth-order valence-corrected chi connectivity index (χ4v) is 6.30. The highest BCUT2D eigenvalue weighted by atomic mass is 79.9. The van der Waals surface area contributed by atoms with Gasteiger partial charge in [-0.3, -0.25) is 4.79 Å². The smallest absolute Gasteiger partial charge is 0.255 e. The second kappa shape index (κ2) is 13.1. The van der Waals surface area contributed by atoms with Gasteiger partial charge in [-0.2, -0.15) is 4.98 Å². The van der Waals surface area contributed by atoms with Gasteiger partial charge in [0.1, 0.15) is 18.4 Å². The summed E-state index contributed by atoms with van der Waals surface area (Å²) in [5.41, 5.74) is 5.58. The van der Waals surface area contributed by atoms with E-state index in [1.54, 1.807) is 28.6 Å². The molecule has 4 aromatic rings. The zero-order chi connectivity index (χ0) is 30.0. The Bertz CT molecular complexity index is 1690. The molecule has 0 saturated heterocycles. The van der Waals surface area contributed by atoms with Crippen molar-refractivity contribution < 1.29 is 9.53 Å². The summed E-state index contributed by atoms with van der Waals surface area (Å²) in [5, 5.41) is 13.0. The van der Waals surface area contributed by atoms with E-state index in [9.17, 15) is 4.79 Å². The first kappa shape index (κ1) is 30.5. The van der Waals surface area contributed by atoms with Crippen LogP contribution in [0.1, 0.15) is 48.6 Å². The number of allylic oxidation sites excluding steroid dienone is 1. The van der Waals surface area contributed by atoms with E-state index in [-0.39, 0.29) is 12.5 Å². The maximum absolute atomic E-state index is 14.1. The number of carbonyl (C=O) groups is 1. The Morgan fingerprint density at radius 3 is 2.67 bits per heavy atom. The predicted molar refractivity (Wildman–Crippen MR) is 175 cm³/mol. The Morgan fingerprint density at radius 1 is 1.12 bits per heavy atom. The van der Waals surface area contributed by atoms with Gasteiger partial charge in [-0.1, -0.05) is 81.6 Å². The summed E-state index contributed by atoms with van der Waals surface area (Å²) >= 11 is 17.7. The summed E-state index contributed by atoms with van der Waals surface area (Å²) in [4.78, 5) is 18.8. The third-order valence-electron chi connectivity index (χ3n) is 6.81. The minimum absolute atomic E-state index is 0.213. The number of aromatic nitrogens is 3. The van der Waals surface area contributed by atoms with E-state index in [1.807, 2.05) is 63.2 Å². The fourth-order valence-electron chi connectivity index (χ4n) is 4.77. The molecule has 2 N–H and O–H groups in total. The number of hydrogen-bond donors (Lipinski definition) is 2. The summed E-state index contributed by atoms with van der Waals surface area (Å²) in [6.45, 7) is 8.22. The van der Waals surface area contributed by atoms with E-state index < -0.39 is 6.04 Å². The molecule has 0 aliphatic carbocycles. The molecule has 0 saturated carbocycles. The van der Waals surface area contributed by atoms with Gasteiger partial charge in [0, 0.05) is 42.8 Å². The summed E-state index contributed by atoms with van der Waals surface area (Å²) in [6.07, 6.45) is 0.989. The number of nitrogens with one attached hydrogen (secondary N) is 2. The van der Waals surface area contributed by atoms with Gasteiger partial charge < -0.3 is 15.4 Å². The van der Waals surface area contributed by atoms with Gasteiger partial charge >= 0.3 is 0 Å². The van der Waals surface area contributed by atoms with Crippen molar-refractivity contribution in [3.8, 4) is 5.75 Å². The predicted octanol–water partition coefficient (Wildman–Crippen LogP) is 8.97. The zero-order valence-electron chi connectivity index (χ0n) is 23.6. The van der Waals surface area contributed by atoms with Crippen LogP contribution in [0.25, 0.3) is 0 Å². The number of halogens is 3. The molecule has 1 unspecified atom stereocenters. The highest BCUT2D eigenvalue weighted by molar-refractivity contribution is 9.10. The number of fused-ring (bicyclic) bond motifs is 1. The van der Waals surface area contributed by atoms with Gasteiger partial charge in [0.25, 0.3) is 5.91 Å². The minimum Gasteiger partial charge on any atom is -0.488 e. The van der Waals surface area contributed by atoms with Crippen LogP contribution in [0.3, 0.4) is 0 Å². The molecule has 1 aliphatic heterocycles. The molecule has 7 nitrogen and oxygen atoms in total. The van der Waals surface area contributed by atoms with Gasteiger partial charge in [0.05, 0.1) is 5.57 Å². The maximum Gasteiger partial charge on any atom is 0.255 e. The van der Waals surface area contributed by atoms with Crippen LogP contribution < -0.4 is 15.4 Å². The molecule has 1 atom stereocenters. The van der Waals surface area contributed by atoms with Crippen LogP contribution in [0, 0.1) is 13.8 Å². The lowest BCUT2D eigenvalue weighted by molar-refractivity contribution is -0.113. The molecule has 5 rings (SSSR count). The fraction of sp³-hybridized carbons (Fsp3) is 0.258. The van der Waals surface area contributed by atoms with Crippen LogP contribution in [0.4, 0.5) is 11.6 Å². The van der Waals surface area contributed by atoms with E-state index in [2.05, 4.69) is 33.5 Å². The SMILES string of the molecule is CCCSc1nc2n(n1)C(c1cc(Br)ccc1OCc1ccc(Cl)cc1Cl)C(C(=O)Nc1ccc(C)cc1C)=C(C)N2. The molecule has 0 bridgehead atoms. The molecule has 3 aromatic carbocycles. The van der Waals surface area contributed by atoms with Crippen molar-refractivity contribution in [2.24, 2.45) is 0 Å². The van der Waals surface area contributed by atoms with Crippen LogP contribution >= 0.6 is 50.9 Å². The van der Waals surface area contributed by atoms with Gasteiger partial charge in [-0.05, 0) is 69.2 Å². The van der Waals surface area contributed by atoms with Gasteiger partial charge in [0.2, 0.25) is 11.1 Å². The van der Waals surface area contributed by atoms with Gasteiger partial charge in [-0.25, -0.2) is 4.68 Å². The molecule has 42 heavy (non-hydrogen) atoms. The molecule has 0 radical (unpaired) electrons. The molecule has 1 aliphatic rings. The lowest BCUT2D eigenvalue weighted by atomic mass is 9.94. The number of amides is 1. The number of nitrogens with zero attached hydrogens (tertiary/aromatic N) is 3. The normalized spacial score (nSPS) is 14.4. The first-order valence-electron chi connectivity index (χ1n) is 13.5. The Balaban J connectivity index is 1.58. The largest absolute Gasteiger partial charge is 0.488 e. The number of hydrogen-bond acceptors (Lipinski definition) is 6. The molecular weight excluding hydrogens is 657 g/mol. The average molecular weight is 687 g/mol. The van der Waals surface area contributed by atoms with Crippen molar-refractivity contribution in [2.45, 2.75) is 51.9 Å². The monoisotopic (exact) mass is 685 g/mol. The Labute approximate surface area is 268 Å². The molecule has 218 valence electrons. The number of rotatable bonds is 9. The highest BCUT2D eigenvalue weighted by Crippen LogP contribution is 2.42. The summed E-state index contributed by atoms with van der Waals surface area (Å²) in [7, 11) is 0. The Hall–Kier alpha value is -2.98. The quantitative estimate of drug-likeness (QED) is 0.171. The van der Waals surface area contributed by atoms with Gasteiger partial charge in [0.15, 0.2) is 0 Å². The minimum atomic E-state index is -0.622. The zero-order valence-corrected chi connectivity index (χ0v) is 27.5. The van der Waals surface area contributed by atoms with E-state index in [1.165, 1.54) is 0 Å². The number of benzene rings is 3. The van der Waals surface area contributed by atoms with Crippen LogP contribution in [0.15, 0.2) is 75.5 Å². The standard InChI is InChI=1S/C31H30BrCl2N5O2S/c1-5-12-42-31-37-30-35-19(4)27(29(40)36-25-10-6-17(2)13-18(25)3)28(39(30)38-31)23-14-21(32)8-11-26(23)41-16-20-7-9-22(33)15-24(20)34/h6-11,13-15,28H,5,12,16H2,1-4H3,(H,36,40)(H,35,37,38). The number of aryl methyl sites for hydroxylation is 2. The van der Waals surface area contributed by atoms with Crippen LogP contribution in [-0.2, 0) is 11.4 Å². The van der Waals surface area contributed by atoms with E-state index in [0.29, 0.717) is 38.2 Å². The Kier molecular flexibility index (Phi) is 9.52. The first-order valence-corrected chi connectivity index (χ1v) is 16.0. The van der Waals surface area contributed by atoms with E-state index >= 15 is 0 Å². The first-order chi connectivity index (χ1) is 20.1. The molecule has 0 fully saturated rings. The molecule has 1 aromatic heterocycles. The molecule has 2 heterocycles. The second-order valence-corrected chi connectivity index (χ2v) is 12.9. The lowest BCUT2D eigenvalue weighted by Gasteiger charge is -2.30. The third kappa shape index (κ3) is 6.64. The van der Waals surface area contributed by atoms with Crippen molar-refractivity contribution >= 4 is 68.4 Å². The molecule has 1 amide bonds. The second-order valence-electron chi connectivity index (χ2n) is 10.1. The van der Waals surface area contributed by atoms with E-state index in [0.717, 1.165) is 44.6 Å². The number of anilines is 2. The number of carbonyl (C=O) groups excluding carboxylic acids is 1. The topological polar surface area (TPSA) is 81.1 Å². The van der Waals surface area contributed by atoms with Crippen LogP contribution in [0.2, 0.25) is 10.0 Å². The third-order valence-corrected chi connectivity index (χ3v) is 8.93. The van der Waals surface area contributed by atoms with Crippen molar-refractivity contribution in [2.75, 3.05) is 16.4 Å². The Morgan fingerprint density at radius 2 is 1.93 bits per heavy atom. The summed E-state index contributed by atoms with van der Waals surface area (Å²) in [6, 6.07) is 16.4. The number of ether oxygens (including phenoxy) is 1. The molecule has 0 spiro atoms. The van der Waals surface area contributed by atoms with Gasteiger partial charge in [-0.15, -0.1) is 5.10 Å².